The number of rotatable bonds is 7. The van der Waals surface area contributed by atoms with Crippen molar-refractivity contribution >= 4 is 23.1 Å². The molecule has 1 fully saturated rings. The molecule has 1 saturated heterocycles. The fraction of sp³-hybridized carbons (Fsp3) is 0.409. The topological polar surface area (TPSA) is 63.1 Å². The van der Waals surface area contributed by atoms with Gasteiger partial charge in [-0.15, -0.1) is 11.3 Å². The van der Waals surface area contributed by atoms with Crippen LogP contribution < -0.4 is 5.32 Å². The van der Waals surface area contributed by atoms with E-state index in [2.05, 4.69) is 32.4 Å². The van der Waals surface area contributed by atoms with Crippen molar-refractivity contribution in [2.24, 2.45) is 0 Å². The summed E-state index contributed by atoms with van der Waals surface area (Å²) in [5.41, 5.74) is 1.18. The van der Waals surface area contributed by atoms with Crippen LogP contribution in [0.4, 0.5) is 5.82 Å². The summed E-state index contributed by atoms with van der Waals surface area (Å²) >= 11 is 1.77. The van der Waals surface area contributed by atoms with Gasteiger partial charge in [0.1, 0.15) is 5.82 Å². The van der Waals surface area contributed by atoms with Gasteiger partial charge in [-0.25, -0.2) is 9.67 Å². The molecule has 1 amide bonds. The van der Waals surface area contributed by atoms with Gasteiger partial charge in [0.2, 0.25) is 5.91 Å². The fourth-order valence-corrected chi connectivity index (χ4v) is 4.67. The molecule has 152 valence electrons. The third-order valence-electron chi connectivity index (χ3n) is 5.37. The Bertz CT molecular complexity index is 928. The molecule has 0 radical (unpaired) electrons. The number of piperidine rings is 1. The summed E-state index contributed by atoms with van der Waals surface area (Å²) in [5.74, 6) is 0.841. The third kappa shape index (κ3) is 5.31. The van der Waals surface area contributed by atoms with Crippen LogP contribution in [-0.4, -0.2) is 38.7 Å². The summed E-state index contributed by atoms with van der Waals surface area (Å²) < 4.78 is 1.99. The molecule has 2 aromatic heterocycles. The summed E-state index contributed by atoms with van der Waals surface area (Å²) in [5, 5.41) is 8.68. The van der Waals surface area contributed by atoms with E-state index in [1.165, 1.54) is 10.4 Å². The molecule has 0 aliphatic carbocycles. The highest BCUT2D eigenvalue weighted by atomic mass is 32.1. The molecule has 1 aliphatic heterocycles. The standard InChI is InChI=1S/C22H27N5OS/c1-17-23-15-20(29-17)16-26-13-10-19(11-14-26)27-21(9-12-24-27)25-22(28)8-7-18-5-3-2-4-6-18/h2-6,9,12,15,19H,7-8,10-11,13-14,16H2,1H3,(H,25,28). The van der Waals surface area contributed by atoms with Gasteiger partial charge in [0.25, 0.3) is 0 Å². The van der Waals surface area contributed by atoms with Crippen LogP contribution in [0.25, 0.3) is 0 Å². The minimum atomic E-state index is 0.0357. The predicted octanol–water partition coefficient (Wildman–Crippen LogP) is 4.06. The van der Waals surface area contributed by atoms with Crippen molar-refractivity contribution in [3.63, 3.8) is 0 Å². The second-order valence-corrected chi connectivity index (χ2v) is 8.87. The molecule has 3 aromatic rings. The van der Waals surface area contributed by atoms with Crippen LogP contribution in [-0.2, 0) is 17.8 Å². The Kier molecular flexibility index (Phi) is 6.36. The molecule has 1 N–H and O–H groups in total. The van der Waals surface area contributed by atoms with E-state index in [1.54, 1.807) is 17.5 Å². The first-order valence-corrected chi connectivity index (χ1v) is 11.0. The normalized spacial score (nSPS) is 15.5. The molecular weight excluding hydrogens is 382 g/mol. The summed E-state index contributed by atoms with van der Waals surface area (Å²) in [6, 6.07) is 12.3. The average molecular weight is 410 g/mol. The number of anilines is 1. The Morgan fingerprint density at radius 2 is 2.00 bits per heavy atom. The summed E-state index contributed by atoms with van der Waals surface area (Å²) in [6.45, 7) is 5.08. The van der Waals surface area contributed by atoms with Gasteiger partial charge in [-0.05, 0) is 31.7 Å². The summed E-state index contributed by atoms with van der Waals surface area (Å²) in [4.78, 5) is 20.6. The first-order chi connectivity index (χ1) is 14.2. The Labute approximate surface area is 175 Å². The molecule has 6 nitrogen and oxygen atoms in total. The maximum absolute atomic E-state index is 12.4. The number of amides is 1. The lowest BCUT2D eigenvalue weighted by atomic mass is 10.1. The molecule has 3 heterocycles. The monoisotopic (exact) mass is 409 g/mol. The van der Waals surface area contributed by atoms with Crippen molar-refractivity contribution in [2.45, 2.75) is 45.2 Å². The molecular formula is C22H27N5OS. The number of carbonyl (C=O) groups excluding carboxylic acids is 1. The summed E-state index contributed by atoms with van der Waals surface area (Å²) in [7, 11) is 0. The molecule has 29 heavy (non-hydrogen) atoms. The van der Waals surface area contributed by atoms with Gasteiger partial charge in [-0.2, -0.15) is 5.10 Å². The van der Waals surface area contributed by atoms with E-state index in [1.807, 2.05) is 42.1 Å². The van der Waals surface area contributed by atoms with Crippen molar-refractivity contribution in [3.05, 3.63) is 64.2 Å². The van der Waals surface area contributed by atoms with Gasteiger partial charge >= 0.3 is 0 Å². The van der Waals surface area contributed by atoms with Gasteiger partial charge in [0.15, 0.2) is 0 Å². The number of aryl methyl sites for hydroxylation is 2. The number of hydrogen-bond acceptors (Lipinski definition) is 5. The first-order valence-electron chi connectivity index (χ1n) is 10.2. The molecule has 4 rings (SSSR count). The second-order valence-electron chi connectivity index (χ2n) is 7.55. The Morgan fingerprint density at radius 1 is 1.21 bits per heavy atom. The number of aromatic nitrogens is 3. The molecule has 1 aliphatic rings. The van der Waals surface area contributed by atoms with Crippen LogP contribution in [0.15, 0.2) is 48.8 Å². The van der Waals surface area contributed by atoms with Gasteiger partial charge in [-0.3, -0.25) is 9.69 Å². The zero-order valence-electron chi connectivity index (χ0n) is 16.8. The van der Waals surface area contributed by atoms with Crippen LogP contribution in [0.3, 0.4) is 0 Å². The largest absolute Gasteiger partial charge is 0.311 e. The smallest absolute Gasteiger partial charge is 0.225 e. The Morgan fingerprint density at radius 3 is 2.72 bits per heavy atom. The summed E-state index contributed by atoms with van der Waals surface area (Å²) in [6.07, 6.45) is 7.05. The number of benzene rings is 1. The van der Waals surface area contributed by atoms with E-state index in [4.69, 9.17) is 0 Å². The van der Waals surface area contributed by atoms with Crippen molar-refractivity contribution < 1.29 is 4.79 Å². The van der Waals surface area contributed by atoms with E-state index in [9.17, 15) is 4.79 Å². The molecule has 1 aromatic carbocycles. The Hall–Kier alpha value is -2.51. The van der Waals surface area contributed by atoms with E-state index in [0.29, 0.717) is 12.5 Å². The van der Waals surface area contributed by atoms with Crippen LogP contribution >= 0.6 is 11.3 Å². The van der Waals surface area contributed by atoms with Crippen molar-refractivity contribution in [2.75, 3.05) is 18.4 Å². The lowest BCUT2D eigenvalue weighted by molar-refractivity contribution is -0.116. The molecule has 0 saturated carbocycles. The predicted molar refractivity (Wildman–Crippen MR) is 116 cm³/mol. The minimum Gasteiger partial charge on any atom is -0.311 e. The lowest BCUT2D eigenvalue weighted by Crippen LogP contribution is -2.34. The molecule has 7 heteroatoms. The number of hydrogen-bond donors (Lipinski definition) is 1. The lowest BCUT2D eigenvalue weighted by Gasteiger charge is -2.32. The van der Waals surface area contributed by atoms with Crippen LogP contribution in [0.2, 0.25) is 0 Å². The van der Waals surface area contributed by atoms with Crippen LogP contribution in [0.5, 0.6) is 0 Å². The number of nitrogens with one attached hydrogen (secondary N) is 1. The highest BCUT2D eigenvalue weighted by Gasteiger charge is 2.23. The zero-order chi connectivity index (χ0) is 20.1. The minimum absolute atomic E-state index is 0.0357. The van der Waals surface area contributed by atoms with Crippen molar-refractivity contribution in [1.29, 1.82) is 0 Å². The van der Waals surface area contributed by atoms with E-state index in [-0.39, 0.29) is 5.91 Å². The average Bonchev–Trinajstić information content (AvgIpc) is 3.36. The first kappa shape index (κ1) is 19.8. The van der Waals surface area contributed by atoms with Crippen LogP contribution in [0.1, 0.15) is 40.8 Å². The molecule has 0 spiro atoms. The van der Waals surface area contributed by atoms with E-state index >= 15 is 0 Å². The van der Waals surface area contributed by atoms with E-state index in [0.717, 1.165) is 49.7 Å². The van der Waals surface area contributed by atoms with Crippen molar-refractivity contribution in [3.8, 4) is 0 Å². The highest BCUT2D eigenvalue weighted by Crippen LogP contribution is 2.27. The fourth-order valence-electron chi connectivity index (χ4n) is 3.83. The van der Waals surface area contributed by atoms with Gasteiger partial charge < -0.3 is 5.32 Å². The number of likely N-dealkylation sites (tertiary alicyclic amines) is 1. The third-order valence-corrected chi connectivity index (χ3v) is 6.27. The SMILES string of the molecule is Cc1ncc(CN2CCC(n3nccc3NC(=O)CCc3ccccc3)CC2)s1. The molecule has 0 atom stereocenters. The maximum atomic E-state index is 12.4. The van der Waals surface area contributed by atoms with Gasteiger partial charge in [-0.1, -0.05) is 30.3 Å². The number of nitrogens with zero attached hydrogens (tertiary/aromatic N) is 4. The zero-order valence-corrected chi connectivity index (χ0v) is 17.6. The quantitative estimate of drug-likeness (QED) is 0.639. The molecule has 0 bridgehead atoms. The van der Waals surface area contributed by atoms with E-state index < -0.39 is 0 Å². The number of thiazole rings is 1. The second kappa shape index (κ2) is 9.33. The van der Waals surface area contributed by atoms with Gasteiger partial charge in [0, 0.05) is 43.2 Å². The van der Waals surface area contributed by atoms with Crippen LogP contribution in [0, 0.1) is 6.92 Å². The highest BCUT2D eigenvalue weighted by molar-refractivity contribution is 7.11. The van der Waals surface area contributed by atoms with Gasteiger partial charge in [0.05, 0.1) is 17.2 Å². The van der Waals surface area contributed by atoms with Crippen molar-refractivity contribution in [1.82, 2.24) is 19.7 Å². The molecule has 0 unspecified atom stereocenters. The number of carbonyl (C=O) groups is 1. The maximum Gasteiger partial charge on any atom is 0.225 e. The Balaban J connectivity index is 1.28.